The number of nitrogens with one attached hydrogen (secondary N) is 1. The van der Waals surface area contributed by atoms with Crippen LogP contribution in [0.25, 0.3) is 16.8 Å². The monoisotopic (exact) mass is 655 g/mol. The molecule has 0 unspecified atom stereocenters. The van der Waals surface area contributed by atoms with Crippen molar-refractivity contribution in [2.45, 2.75) is 70.2 Å². The molecule has 0 spiro atoms. The molecule has 0 saturated carbocycles. The van der Waals surface area contributed by atoms with Gasteiger partial charge in [0, 0.05) is 24.7 Å². The van der Waals surface area contributed by atoms with E-state index in [-0.39, 0.29) is 24.3 Å². The Morgan fingerprint density at radius 2 is 1.64 bits per heavy atom. The van der Waals surface area contributed by atoms with Crippen molar-refractivity contribution < 1.29 is 19.1 Å². The minimum atomic E-state index is -0.757. The SMILES string of the molecule is CC(C)(C)OC(=O)N1CC[C@H](c2ccc(-c3ccccc3)cc2)C[C@@H]1C(=O)N1CC[C@H]1C(=O)NCc1cc(Cl)ccc1-n1cnnn1. The van der Waals surface area contributed by atoms with E-state index in [2.05, 4.69) is 57.2 Å². The number of hydrogen-bond acceptors (Lipinski definition) is 7. The predicted molar refractivity (Wildman–Crippen MR) is 177 cm³/mol. The standard InChI is InChI=1S/C35H38ClN7O4/c1-35(2,3)47-34(46)42-17-15-26(25-11-9-24(10-12-25)23-7-5-4-6-8-23)20-31(42)33(45)41-18-16-30(41)32(44)37-21-27-19-28(36)13-14-29(27)43-22-38-39-40-43/h4-14,19,22,26,30-31H,15-18,20-21H2,1-3H3,(H,37,44)/t26-,30-,31+/m0/s1. The number of ether oxygens (including phenoxy) is 1. The smallest absolute Gasteiger partial charge is 0.410 e. The molecule has 3 heterocycles. The van der Waals surface area contributed by atoms with E-state index in [0.29, 0.717) is 43.1 Å². The maximum Gasteiger partial charge on any atom is 0.410 e. The molecule has 244 valence electrons. The molecule has 0 bridgehead atoms. The van der Waals surface area contributed by atoms with Gasteiger partial charge in [0.15, 0.2) is 0 Å². The summed E-state index contributed by atoms with van der Waals surface area (Å²) in [6.07, 6.45) is 2.60. The quantitative estimate of drug-likeness (QED) is 0.284. The van der Waals surface area contributed by atoms with E-state index in [4.69, 9.17) is 16.3 Å². The van der Waals surface area contributed by atoms with Crippen molar-refractivity contribution in [1.29, 1.82) is 0 Å². The normalized spacial score (nSPS) is 19.5. The van der Waals surface area contributed by atoms with Crippen molar-refractivity contribution in [1.82, 2.24) is 35.3 Å². The average molecular weight is 656 g/mol. The van der Waals surface area contributed by atoms with E-state index in [9.17, 15) is 14.4 Å². The second-order valence-electron chi connectivity index (χ2n) is 13.0. The summed E-state index contributed by atoms with van der Waals surface area (Å²) in [7, 11) is 0. The fourth-order valence-electron chi connectivity index (χ4n) is 6.23. The van der Waals surface area contributed by atoms with Crippen LogP contribution >= 0.6 is 11.6 Å². The Bertz CT molecular complexity index is 1730. The van der Waals surface area contributed by atoms with Gasteiger partial charge in [-0.15, -0.1) is 5.10 Å². The summed E-state index contributed by atoms with van der Waals surface area (Å²) in [6.45, 7) is 6.40. The molecule has 11 nitrogen and oxygen atoms in total. The zero-order valence-electron chi connectivity index (χ0n) is 26.7. The lowest BCUT2D eigenvalue weighted by Gasteiger charge is -2.46. The number of likely N-dealkylation sites (tertiary alicyclic amines) is 2. The van der Waals surface area contributed by atoms with Crippen LogP contribution in [0.5, 0.6) is 0 Å². The van der Waals surface area contributed by atoms with Crippen LogP contribution in [0.15, 0.2) is 79.1 Å². The number of benzene rings is 3. The van der Waals surface area contributed by atoms with Crippen molar-refractivity contribution in [2.24, 2.45) is 0 Å². The Balaban J connectivity index is 1.17. The molecule has 2 saturated heterocycles. The summed E-state index contributed by atoms with van der Waals surface area (Å²) in [4.78, 5) is 44.1. The lowest BCUT2D eigenvalue weighted by atomic mass is 9.83. The van der Waals surface area contributed by atoms with Gasteiger partial charge in [0.2, 0.25) is 11.8 Å². The van der Waals surface area contributed by atoms with E-state index in [1.54, 1.807) is 28.0 Å². The largest absolute Gasteiger partial charge is 0.444 e. The zero-order valence-corrected chi connectivity index (χ0v) is 27.4. The molecule has 3 atom stereocenters. The molecule has 3 aromatic carbocycles. The minimum Gasteiger partial charge on any atom is -0.444 e. The molecule has 2 aliphatic rings. The van der Waals surface area contributed by atoms with Crippen molar-refractivity contribution in [3.8, 4) is 16.8 Å². The van der Waals surface area contributed by atoms with Crippen LogP contribution < -0.4 is 5.32 Å². The fourth-order valence-corrected chi connectivity index (χ4v) is 6.42. The second-order valence-corrected chi connectivity index (χ2v) is 13.4. The van der Waals surface area contributed by atoms with E-state index in [1.165, 1.54) is 11.0 Å². The molecule has 4 aromatic rings. The van der Waals surface area contributed by atoms with Gasteiger partial charge in [-0.2, -0.15) is 0 Å². The van der Waals surface area contributed by atoms with Gasteiger partial charge in [-0.1, -0.05) is 66.2 Å². The van der Waals surface area contributed by atoms with Crippen LogP contribution in [0.3, 0.4) is 0 Å². The van der Waals surface area contributed by atoms with Gasteiger partial charge in [-0.25, -0.2) is 9.48 Å². The van der Waals surface area contributed by atoms with Crippen LogP contribution in [0.2, 0.25) is 5.02 Å². The number of hydrogen-bond donors (Lipinski definition) is 1. The van der Waals surface area contributed by atoms with Crippen LogP contribution in [0.1, 0.15) is 57.1 Å². The first-order valence-corrected chi connectivity index (χ1v) is 16.2. The first-order valence-electron chi connectivity index (χ1n) is 15.8. The Morgan fingerprint density at radius 1 is 0.915 bits per heavy atom. The molecular weight excluding hydrogens is 618 g/mol. The predicted octanol–water partition coefficient (Wildman–Crippen LogP) is 5.38. The Morgan fingerprint density at radius 3 is 2.30 bits per heavy atom. The van der Waals surface area contributed by atoms with Gasteiger partial charge in [0.25, 0.3) is 0 Å². The van der Waals surface area contributed by atoms with E-state index >= 15 is 0 Å². The molecule has 1 aromatic heterocycles. The van der Waals surface area contributed by atoms with Gasteiger partial charge in [-0.05, 0) is 96.8 Å². The highest BCUT2D eigenvalue weighted by molar-refractivity contribution is 6.30. The number of aromatic nitrogens is 4. The molecule has 47 heavy (non-hydrogen) atoms. The average Bonchev–Trinajstić information content (AvgIpc) is 3.58. The number of carbonyl (C=O) groups excluding carboxylic acids is 3. The summed E-state index contributed by atoms with van der Waals surface area (Å²) < 4.78 is 7.22. The molecule has 0 aliphatic carbocycles. The Kier molecular flexibility index (Phi) is 9.26. The maximum atomic E-state index is 14.2. The number of rotatable bonds is 7. The Hall–Kier alpha value is -4.77. The van der Waals surface area contributed by atoms with E-state index in [1.807, 2.05) is 39.0 Å². The molecule has 6 rings (SSSR count). The Labute approximate surface area is 278 Å². The highest BCUT2D eigenvalue weighted by Gasteiger charge is 2.46. The van der Waals surface area contributed by atoms with E-state index < -0.39 is 23.8 Å². The third-order valence-electron chi connectivity index (χ3n) is 8.70. The van der Waals surface area contributed by atoms with E-state index in [0.717, 1.165) is 22.3 Å². The van der Waals surface area contributed by atoms with Crippen LogP contribution in [-0.2, 0) is 20.9 Å². The number of carbonyl (C=O) groups is 3. The third kappa shape index (κ3) is 7.30. The molecule has 0 radical (unpaired) electrons. The highest BCUT2D eigenvalue weighted by atomic mass is 35.5. The summed E-state index contributed by atoms with van der Waals surface area (Å²) in [5.74, 6) is -0.460. The number of nitrogens with zero attached hydrogens (tertiary/aromatic N) is 6. The van der Waals surface area contributed by atoms with Gasteiger partial charge in [0.05, 0.1) is 5.69 Å². The maximum absolute atomic E-state index is 14.2. The van der Waals surface area contributed by atoms with Gasteiger partial charge >= 0.3 is 6.09 Å². The number of halogens is 1. The molecule has 2 aliphatic heterocycles. The highest BCUT2D eigenvalue weighted by Crippen LogP contribution is 2.36. The molecule has 2 fully saturated rings. The lowest BCUT2D eigenvalue weighted by molar-refractivity contribution is -0.152. The lowest BCUT2D eigenvalue weighted by Crippen LogP contribution is -2.64. The number of amides is 3. The minimum absolute atomic E-state index is 0.0635. The summed E-state index contributed by atoms with van der Waals surface area (Å²) in [6, 6.07) is 22.4. The van der Waals surface area contributed by atoms with Gasteiger partial charge in [-0.3, -0.25) is 14.5 Å². The van der Waals surface area contributed by atoms with Crippen LogP contribution in [-0.4, -0.2) is 78.7 Å². The number of tetrazole rings is 1. The van der Waals surface area contributed by atoms with Crippen LogP contribution in [0.4, 0.5) is 4.79 Å². The van der Waals surface area contributed by atoms with Gasteiger partial charge in [0.1, 0.15) is 24.0 Å². The molecule has 1 N–H and O–H groups in total. The van der Waals surface area contributed by atoms with Crippen molar-refractivity contribution in [3.63, 3.8) is 0 Å². The molecule has 12 heteroatoms. The van der Waals surface area contributed by atoms with Crippen LogP contribution in [0, 0.1) is 0 Å². The fraction of sp³-hybridized carbons (Fsp3) is 0.371. The second kappa shape index (κ2) is 13.5. The summed E-state index contributed by atoms with van der Waals surface area (Å²) in [5.41, 5.74) is 4.06. The summed E-state index contributed by atoms with van der Waals surface area (Å²) in [5, 5.41) is 14.8. The third-order valence-corrected chi connectivity index (χ3v) is 8.94. The molecule has 3 amide bonds. The zero-order chi connectivity index (χ0) is 33.1. The van der Waals surface area contributed by atoms with Crippen molar-refractivity contribution in [3.05, 3.63) is 95.3 Å². The first-order chi connectivity index (χ1) is 22.6. The topological polar surface area (TPSA) is 123 Å². The first kappa shape index (κ1) is 32.2. The molecular formula is C35H38ClN7O4. The van der Waals surface area contributed by atoms with Crippen molar-refractivity contribution >= 4 is 29.5 Å². The van der Waals surface area contributed by atoms with Gasteiger partial charge < -0.3 is 15.0 Å². The number of piperidine rings is 1. The summed E-state index contributed by atoms with van der Waals surface area (Å²) >= 11 is 6.25. The van der Waals surface area contributed by atoms with Crippen molar-refractivity contribution in [2.75, 3.05) is 13.1 Å².